The molecule has 96 valence electrons. The van der Waals surface area contributed by atoms with Crippen LogP contribution in [0.4, 0.5) is 5.82 Å². The van der Waals surface area contributed by atoms with E-state index in [1.165, 1.54) is 11.9 Å². The predicted molar refractivity (Wildman–Crippen MR) is 77.1 cm³/mol. The molecule has 0 radical (unpaired) electrons. The van der Waals surface area contributed by atoms with Gasteiger partial charge in [-0.1, -0.05) is 11.6 Å². The Morgan fingerprint density at radius 1 is 1.50 bits per heavy atom. The van der Waals surface area contributed by atoms with Crippen molar-refractivity contribution >= 4 is 44.7 Å². The Labute approximate surface area is 122 Å². The first kappa shape index (κ1) is 13.7. The summed E-state index contributed by atoms with van der Waals surface area (Å²) < 4.78 is 1.09. The predicted octanol–water partition coefficient (Wildman–Crippen LogP) is 3.08. The van der Waals surface area contributed by atoms with Gasteiger partial charge in [0.25, 0.3) is 0 Å². The fourth-order valence-corrected chi connectivity index (χ4v) is 3.01. The van der Waals surface area contributed by atoms with Gasteiger partial charge in [0, 0.05) is 13.6 Å². The van der Waals surface area contributed by atoms with Crippen LogP contribution in [0.1, 0.15) is 11.1 Å². The van der Waals surface area contributed by atoms with Crippen LogP contribution in [0.5, 0.6) is 0 Å². The number of anilines is 1. The second-order valence-corrected chi connectivity index (χ2v) is 6.39. The maximum atomic E-state index is 9.32. The third-order valence-electron chi connectivity index (χ3n) is 2.43. The number of nitrogens with zero attached hydrogens (tertiary/aromatic N) is 3. The van der Waals surface area contributed by atoms with Gasteiger partial charge in [-0.15, -0.1) is 11.3 Å². The lowest BCUT2D eigenvalue weighted by Crippen LogP contribution is -2.19. The molecule has 7 heteroatoms. The van der Waals surface area contributed by atoms with Crippen LogP contribution in [0.15, 0.2) is 21.6 Å². The highest BCUT2D eigenvalue weighted by Gasteiger charge is 2.13. The van der Waals surface area contributed by atoms with E-state index in [1.807, 2.05) is 11.9 Å². The zero-order chi connectivity index (χ0) is 13.1. The smallest absolute Gasteiger partial charge is 0.140 e. The first-order chi connectivity index (χ1) is 8.61. The standard InChI is InChI=1S/C11H11BrClN3OS/c1-16(3-7-2-9(12)18-5-7)11-8(4-17)10(13)14-6-15-11/h2,5-6,17H,3-4H2,1H3. The summed E-state index contributed by atoms with van der Waals surface area (Å²) in [7, 11) is 1.91. The van der Waals surface area contributed by atoms with Crippen molar-refractivity contribution in [3.8, 4) is 0 Å². The van der Waals surface area contributed by atoms with Gasteiger partial charge in [-0.3, -0.25) is 0 Å². The number of rotatable bonds is 4. The summed E-state index contributed by atoms with van der Waals surface area (Å²) in [5.74, 6) is 0.653. The SMILES string of the molecule is CN(Cc1csc(Br)c1)c1ncnc(Cl)c1CO. The molecule has 2 rings (SSSR count). The van der Waals surface area contributed by atoms with Gasteiger partial charge < -0.3 is 10.0 Å². The molecule has 0 saturated heterocycles. The van der Waals surface area contributed by atoms with E-state index in [4.69, 9.17) is 11.6 Å². The lowest BCUT2D eigenvalue weighted by atomic mass is 10.2. The average Bonchev–Trinajstić information content (AvgIpc) is 2.74. The maximum absolute atomic E-state index is 9.32. The minimum Gasteiger partial charge on any atom is -0.391 e. The van der Waals surface area contributed by atoms with Crippen LogP contribution in [0.3, 0.4) is 0 Å². The second kappa shape index (κ2) is 5.97. The number of hydrogen-bond acceptors (Lipinski definition) is 5. The molecule has 4 nitrogen and oxygen atoms in total. The van der Waals surface area contributed by atoms with E-state index in [-0.39, 0.29) is 6.61 Å². The van der Waals surface area contributed by atoms with E-state index in [2.05, 4.69) is 37.3 Å². The Hall–Kier alpha value is -0.690. The van der Waals surface area contributed by atoms with Gasteiger partial charge in [0.05, 0.1) is 16.0 Å². The molecule has 0 unspecified atom stereocenters. The van der Waals surface area contributed by atoms with Crippen LogP contribution in [0, 0.1) is 0 Å². The van der Waals surface area contributed by atoms with Crippen molar-refractivity contribution in [2.24, 2.45) is 0 Å². The van der Waals surface area contributed by atoms with Crippen molar-refractivity contribution in [1.82, 2.24) is 9.97 Å². The molecule has 0 aliphatic heterocycles. The molecule has 0 spiro atoms. The number of aliphatic hydroxyl groups excluding tert-OH is 1. The number of thiophene rings is 1. The Morgan fingerprint density at radius 2 is 2.28 bits per heavy atom. The van der Waals surface area contributed by atoms with Crippen molar-refractivity contribution in [2.45, 2.75) is 13.2 Å². The zero-order valence-electron chi connectivity index (χ0n) is 9.60. The van der Waals surface area contributed by atoms with E-state index in [0.29, 0.717) is 23.1 Å². The molecule has 2 heterocycles. The van der Waals surface area contributed by atoms with Crippen molar-refractivity contribution in [1.29, 1.82) is 0 Å². The summed E-state index contributed by atoms with van der Waals surface area (Å²) in [6.45, 7) is 0.523. The molecule has 0 atom stereocenters. The molecule has 0 aliphatic carbocycles. The molecule has 2 aromatic heterocycles. The van der Waals surface area contributed by atoms with Gasteiger partial charge in [-0.2, -0.15) is 0 Å². The van der Waals surface area contributed by atoms with E-state index < -0.39 is 0 Å². The number of aromatic nitrogens is 2. The number of aliphatic hydroxyl groups is 1. The molecule has 0 saturated carbocycles. The normalized spacial score (nSPS) is 10.7. The maximum Gasteiger partial charge on any atom is 0.140 e. The van der Waals surface area contributed by atoms with Crippen molar-refractivity contribution < 1.29 is 5.11 Å². The van der Waals surface area contributed by atoms with E-state index in [1.54, 1.807) is 11.3 Å². The molecule has 0 amide bonds. The van der Waals surface area contributed by atoms with Crippen LogP contribution in [0.25, 0.3) is 0 Å². The molecule has 0 bridgehead atoms. The van der Waals surface area contributed by atoms with Crippen molar-refractivity contribution in [3.05, 3.63) is 37.8 Å². The monoisotopic (exact) mass is 347 g/mol. The minimum absolute atomic E-state index is 0.174. The lowest BCUT2D eigenvalue weighted by Gasteiger charge is -2.20. The first-order valence-electron chi connectivity index (χ1n) is 5.16. The van der Waals surface area contributed by atoms with Gasteiger partial charge in [-0.05, 0) is 32.9 Å². The first-order valence-corrected chi connectivity index (χ1v) is 7.21. The molecule has 2 aromatic rings. The zero-order valence-corrected chi connectivity index (χ0v) is 12.8. The van der Waals surface area contributed by atoms with Crippen molar-refractivity contribution in [3.63, 3.8) is 0 Å². The summed E-state index contributed by atoms with van der Waals surface area (Å²) >= 11 is 11.0. The van der Waals surface area contributed by atoms with Crippen LogP contribution >= 0.6 is 38.9 Å². The Bertz CT molecular complexity index is 549. The fourth-order valence-electron chi connectivity index (χ4n) is 1.62. The van der Waals surface area contributed by atoms with Crippen LogP contribution in [-0.4, -0.2) is 22.1 Å². The number of halogens is 2. The highest BCUT2D eigenvalue weighted by molar-refractivity contribution is 9.11. The third kappa shape index (κ3) is 3.00. The number of hydrogen-bond donors (Lipinski definition) is 1. The molecule has 0 fully saturated rings. The molecule has 0 aromatic carbocycles. The Morgan fingerprint density at radius 3 is 2.89 bits per heavy atom. The van der Waals surface area contributed by atoms with E-state index in [0.717, 1.165) is 3.79 Å². The Kier molecular flexibility index (Phi) is 4.55. The Balaban J connectivity index is 2.23. The van der Waals surface area contributed by atoms with Gasteiger partial charge in [0.1, 0.15) is 17.3 Å². The van der Waals surface area contributed by atoms with Crippen molar-refractivity contribution in [2.75, 3.05) is 11.9 Å². The largest absolute Gasteiger partial charge is 0.391 e. The van der Waals surface area contributed by atoms with Gasteiger partial charge >= 0.3 is 0 Å². The molecular weight excluding hydrogens is 338 g/mol. The highest BCUT2D eigenvalue weighted by atomic mass is 79.9. The fraction of sp³-hybridized carbons (Fsp3) is 0.273. The molecular formula is C11H11BrClN3OS. The van der Waals surface area contributed by atoms with E-state index >= 15 is 0 Å². The molecule has 1 N–H and O–H groups in total. The van der Waals surface area contributed by atoms with Gasteiger partial charge in [-0.25, -0.2) is 9.97 Å². The van der Waals surface area contributed by atoms with Crippen LogP contribution in [0.2, 0.25) is 5.15 Å². The minimum atomic E-state index is -0.174. The van der Waals surface area contributed by atoms with Crippen LogP contribution < -0.4 is 4.90 Å². The van der Waals surface area contributed by atoms with Gasteiger partial charge in [0.15, 0.2) is 0 Å². The molecule has 18 heavy (non-hydrogen) atoms. The topological polar surface area (TPSA) is 49.2 Å². The average molecular weight is 349 g/mol. The quantitative estimate of drug-likeness (QED) is 0.863. The summed E-state index contributed by atoms with van der Waals surface area (Å²) in [4.78, 5) is 9.98. The van der Waals surface area contributed by atoms with E-state index in [9.17, 15) is 5.11 Å². The second-order valence-electron chi connectivity index (χ2n) is 3.74. The summed E-state index contributed by atoms with van der Waals surface area (Å²) in [6.07, 6.45) is 1.40. The summed E-state index contributed by atoms with van der Waals surface area (Å²) in [5, 5.41) is 11.7. The lowest BCUT2D eigenvalue weighted by molar-refractivity contribution is 0.281. The summed E-state index contributed by atoms with van der Waals surface area (Å²) in [6, 6.07) is 2.06. The van der Waals surface area contributed by atoms with Gasteiger partial charge in [0.2, 0.25) is 0 Å². The summed E-state index contributed by atoms with van der Waals surface area (Å²) in [5.41, 5.74) is 1.73. The van der Waals surface area contributed by atoms with Crippen LogP contribution in [-0.2, 0) is 13.2 Å². The molecule has 0 aliphatic rings. The highest BCUT2D eigenvalue weighted by Crippen LogP contribution is 2.26. The third-order valence-corrected chi connectivity index (χ3v) is 4.31.